The van der Waals surface area contributed by atoms with Gasteiger partial charge in [0.25, 0.3) is 0 Å². The molecule has 0 radical (unpaired) electrons. The van der Waals surface area contributed by atoms with Crippen molar-refractivity contribution < 1.29 is 8.49 Å². The second kappa shape index (κ2) is 6.69. The molecule has 2 atom stereocenters. The lowest BCUT2D eigenvalue weighted by Gasteiger charge is -2.15. The number of benzene rings is 1. The van der Waals surface area contributed by atoms with Gasteiger partial charge in [-0.3, -0.25) is 0 Å². The molecule has 0 spiro atoms. The van der Waals surface area contributed by atoms with Gasteiger partial charge in [-0.25, -0.2) is 4.21 Å². The molecule has 0 bridgehead atoms. The van der Waals surface area contributed by atoms with E-state index in [0.29, 0.717) is 10.8 Å². The minimum Gasteiger partial charge on any atom is -0.223 e. The van der Waals surface area contributed by atoms with Crippen LogP contribution >= 0.6 is 0 Å². The normalized spacial score (nSPS) is 14.6. The highest BCUT2D eigenvalue weighted by atomic mass is 32.2. The molecule has 0 saturated heterocycles. The van der Waals surface area contributed by atoms with Crippen LogP contribution in [-0.2, 0) is 15.4 Å². The van der Waals surface area contributed by atoms with Crippen LogP contribution in [0.25, 0.3) is 6.08 Å². The number of hydrogen-bond acceptors (Lipinski definition) is 3. The molecule has 0 aliphatic rings. The summed E-state index contributed by atoms with van der Waals surface area (Å²) in [5.74, 6) is 0.426. The Morgan fingerprint density at radius 1 is 1.29 bits per heavy atom. The molecular weight excluding hydrogens is 234 g/mol. The van der Waals surface area contributed by atoms with E-state index in [-0.39, 0.29) is 6.04 Å². The van der Waals surface area contributed by atoms with E-state index in [9.17, 15) is 4.21 Å². The van der Waals surface area contributed by atoms with Crippen molar-refractivity contribution in [2.75, 3.05) is 0 Å². The van der Waals surface area contributed by atoms with Crippen molar-refractivity contribution in [3.63, 3.8) is 0 Å². The Labute approximate surface area is 105 Å². The molecule has 0 saturated carbocycles. The maximum Gasteiger partial charge on any atom is 0.206 e. The van der Waals surface area contributed by atoms with E-state index in [2.05, 4.69) is 25.9 Å². The zero-order valence-electron chi connectivity index (χ0n) is 10.5. The van der Waals surface area contributed by atoms with Gasteiger partial charge < -0.3 is 0 Å². The van der Waals surface area contributed by atoms with Crippen LogP contribution in [0.3, 0.4) is 0 Å². The van der Waals surface area contributed by atoms with Crippen molar-refractivity contribution in [3.05, 3.63) is 36.4 Å². The first-order chi connectivity index (χ1) is 8.04. The van der Waals surface area contributed by atoms with Crippen molar-refractivity contribution in [3.8, 4) is 0 Å². The average Bonchev–Trinajstić information content (AvgIpc) is 2.35. The van der Waals surface area contributed by atoms with Gasteiger partial charge in [0, 0.05) is 6.04 Å². The van der Waals surface area contributed by atoms with Gasteiger partial charge in [-0.15, -0.1) is 0 Å². The first kappa shape index (κ1) is 14.1. The molecule has 0 aliphatic heterocycles. The van der Waals surface area contributed by atoms with Crippen molar-refractivity contribution in [1.82, 2.24) is 5.48 Å². The number of hydroxylamine groups is 1. The first-order valence-corrected chi connectivity index (χ1v) is 6.69. The minimum absolute atomic E-state index is 0.159. The Morgan fingerprint density at radius 3 is 2.35 bits per heavy atom. The number of hydrogen-bond donors (Lipinski definition) is 1. The van der Waals surface area contributed by atoms with Crippen LogP contribution in [-0.4, -0.2) is 10.3 Å². The second-order valence-corrected chi connectivity index (χ2v) is 5.35. The van der Waals surface area contributed by atoms with Crippen LogP contribution in [0.4, 0.5) is 0 Å². The summed E-state index contributed by atoms with van der Waals surface area (Å²) in [6.07, 6.45) is 1.74. The third kappa shape index (κ3) is 4.42. The number of nitrogens with one attached hydrogen (secondary N) is 1. The molecule has 1 N–H and O–H groups in total. The zero-order valence-corrected chi connectivity index (χ0v) is 11.3. The van der Waals surface area contributed by atoms with E-state index < -0.39 is 11.1 Å². The summed E-state index contributed by atoms with van der Waals surface area (Å²) in [5.41, 5.74) is 3.78. The summed E-state index contributed by atoms with van der Waals surface area (Å²) in [4.78, 5) is 0.638. The van der Waals surface area contributed by atoms with E-state index in [1.807, 2.05) is 19.1 Å². The topological polar surface area (TPSA) is 38.3 Å². The molecule has 0 aromatic heterocycles. The molecule has 17 heavy (non-hydrogen) atoms. The van der Waals surface area contributed by atoms with Gasteiger partial charge in [-0.1, -0.05) is 38.6 Å². The van der Waals surface area contributed by atoms with Gasteiger partial charge in [0.2, 0.25) is 11.1 Å². The van der Waals surface area contributed by atoms with E-state index in [1.165, 1.54) is 0 Å². The highest BCUT2D eigenvalue weighted by Gasteiger charge is 2.10. The van der Waals surface area contributed by atoms with Gasteiger partial charge >= 0.3 is 0 Å². The Hall–Kier alpha value is -0.970. The van der Waals surface area contributed by atoms with E-state index in [1.54, 1.807) is 18.2 Å². The zero-order chi connectivity index (χ0) is 12.8. The molecule has 0 fully saturated rings. The molecular formula is C13H19NO2S. The highest BCUT2D eigenvalue weighted by Crippen LogP contribution is 2.10. The largest absolute Gasteiger partial charge is 0.223 e. The molecule has 94 valence electrons. The van der Waals surface area contributed by atoms with Gasteiger partial charge in [0.1, 0.15) is 0 Å². The lowest BCUT2D eigenvalue weighted by Crippen LogP contribution is -2.31. The Kier molecular flexibility index (Phi) is 5.55. The van der Waals surface area contributed by atoms with E-state index in [0.717, 1.165) is 5.56 Å². The predicted molar refractivity (Wildman–Crippen MR) is 71.5 cm³/mol. The third-order valence-electron chi connectivity index (χ3n) is 2.62. The maximum absolute atomic E-state index is 11.8. The molecule has 0 heterocycles. The quantitative estimate of drug-likeness (QED) is 0.792. The van der Waals surface area contributed by atoms with Crippen molar-refractivity contribution in [2.24, 2.45) is 5.92 Å². The van der Waals surface area contributed by atoms with Gasteiger partial charge in [-0.05, 0) is 30.5 Å². The lowest BCUT2D eigenvalue weighted by molar-refractivity contribution is 0.160. The molecule has 0 amide bonds. The fourth-order valence-corrected chi connectivity index (χ4v) is 1.71. The third-order valence-corrected chi connectivity index (χ3v) is 3.52. The first-order valence-electron chi connectivity index (χ1n) is 5.61. The Balaban J connectivity index is 2.55. The van der Waals surface area contributed by atoms with Crippen LogP contribution in [0.15, 0.2) is 35.7 Å². The molecule has 3 nitrogen and oxygen atoms in total. The predicted octanol–water partition coefficient (Wildman–Crippen LogP) is 2.92. The van der Waals surface area contributed by atoms with Crippen molar-refractivity contribution in [1.29, 1.82) is 0 Å². The molecule has 1 aromatic carbocycles. The Morgan fingerprint density at radius 2 is 1.88 bits per heavy atom. The van der Waals surface area contributed by atoms with Crippen molar-refractivity contribution >= 4 is 17.2 Å². The van der Waals surface area contributed by atoms with Crippen LogP contribution < -0.4 is 5.48 Å². The number of rotatable bonds is 6. The van der Waals surface area contributed by atoms with E-state index >= 15 is 0 Å². The summed E-state index contributed by atoms with van der Waals surface area (Å²) in [6, 6.07) is 7.42. The molecule has 0 aliphatic carbocycles. The molecule has 1 rings (SSSR count). The Bertz CT molecular complexity index is 387. The SMILES string of the molecule is C=Cc1ccc(S(=O)ONC(C)C(C)C)cc1. The second-order valence-electron chi connectivity index (χ2n) is 4.24. The van der Waals surface area contributed by atoms with Gasteiger partial charge in [0.15, 0.2) is 0 Å². The van der Waals surface area contributed by atoms with Gasteiger partial charge in [-0.2, -0.15) is 9.76 Å². The standard InChI is InChI=1S/C13H19NO2S/c1-5-12-6-8-13(9-7-12)17(15)16-14-11(4)10(2)3/h5-11,14H,1H2,2-4H3. The fourth-order valence-electron chi connectivity index (χ4n) is 1.02. The summed E-state index contributed by atoms with van der Waals surface area (Å²) in [7, 11) is 0. The minimum atomic E-state index is -1.48. The monoisotopic (exact) mass is 253 g/mol. The smallest absolute Gasteiger partial charge is 0.206 e. The highest BCUT2D eigenvalue weighted by molar-refractivity contribution is 7.80. The molecule has 1 aromatic rings. The summed E-state index contributed by atoms with van der Waals surface area (Å²) >= 11 is -1.48. The summed E-state index contributed by atoms with van der Waals surface area (Å²) < 4.78 is 16.9. The molecule has 2 unspecified atom stereocenters. The maximum atomic E-state index is 11.8. The van der Waals surface area contributed by atoms with Crippen LogP contribution in [0, 0.1) is 5.92 Å². The van der Waals surface area contributed by atoms with Crippen molar-refractivity contribution in [2.45, 2.75) is 31.7 Å². The fraction of sp³-hybridized carbons (Fsp3) is 0.385. The lowest BCUT2D eigenvalue weighted by atomic mass is 10.1. The van der Waals surface area contributed by atoms with E-state index in [4.69, 9.17) is 4.28 Å². The van der Waals surface area contributed by atoms with Gasteiger partial charge in [0.05, 0.1) is 4.90 Å². The van der Waals surface area contributed by atoms with Crippen LogP contribution in [0.2, 0.25) is 0 Å². The summed E-state index contributed by atoms with van der Waals surface area (Å²) in [6.45, 7) is 9.80. The average molecular weight is 253 g/mol. The molecule has 4 heteroatoms. The van der Waals surface area contributed by atoms with Crippen LogP contribution in [0.1, 0.15) is 26.3 Å². The summed E-state index contributed by atoms with van der Waals surface area (Å²) in [5, 5.41) is 0. The van der Waals surface area contributed by atoms with Crippen LogP contribution in [0.5, 0.6) is 0 Å².